The molecule has 8 heteroatoms. The molecular formula is C11H12F3NO3S. The fourth-order valence-electron chi connectivity index (χ4n) is 1.73. The number of hydrogen-bond acceptors (Lipinski definition) is 4. The van der Waals surface area contributed by atoms with Crippen LogP contribution in [0.1, 0.15) is 12.8 Å². The molecule has 106 valence electrons. The van der Waals surface area contributed by atoms with Gasteiger partial charge in [0.1, 0.15) is 11.9 Å². The topological polar surface area (TPSA) is 69.4 Å². The molecule has 0 unspecified atom stereocenters. The van der Waals surface area contributed by atoms with Crippen LogP contribution in [0.5, 0.6) is 5.75 Å². The summed E-state index contributed by atoms with van der Waals surface area (Å²) in [6.45, 7) is 0. The maximum Gasteiger partial charge on any atom is 0.501 e. The van der Waals surface area contributed by atoms with Gasteiger partial charge >= 0.3 is 5.51 Å². The Balaban J connectivity index is 2.11. The third-order valence-corrected chi connectivity index (χ3v) is 4.37. The van der Waals surface area contributed by atoms with Crippen molar-refractivity contribution in [1.29, 1.82) is 0 Å². The lowest BCUT2D eigenvalue weighted by molar-refractivity contribution is -0.0436. The van der Waals surface area contributed by atoms with Gasteiger partial charge in [0.25, 0.3) is 9.84 Å². The first-order valence-corrected chi connectivity index (χ1v) is 7.02. The molecule has 1 saturated carbocycles. The number of hydrogen-bond donors (Lipinski definition) is 1. The number of alkyl halides is 3. The Kier molecular flexibility index (Phi) is 3.48. The zero-order valence-corrected chi connectivity index (χ0v) is 10.5. The smallest absolute Gasteiger partial charge is 0.490 e. The molecule has 0 spiro atoms. The fraction of sp³-hybridized carbons (Fsp3) is 0.455. The number of benzene rings is 1. The lowest BCUT2D eigenvalue weighted by Gasteiger charge is -2.32. The van der Waals surface area contributed by atoms with E-state index in [1.807, 2.05) is 0 Å². The summed E-state index contributed by atoms with van der Waals surface area (Å²) in [5.74, 6) is 0.332. The maximum atomic E-state index is 12.3. The molecule has 1 aliphatic carbocycles. The molecule has 2 rings (SSSR count). The lowest BCUT2D eigenvalue weighted by atomic mass is 9.90. The summed E-state index contributed by atoms with van der Waals surface area (Å²) < 4.78 is 64.6. The minimum Gasteiger partial charge on any atom is -0.490 e. The van der Waals surface area contributed by atoms with Crippen molar-refractivity contribution in [3.8, 4) is 5.75 Å². The van der Waals surface area contributed by atoms with E-state index in [-0.39, 0.29) is 12.1 Å². The van der Waals surface area contributed by atoms with Gasteiger partial charge in [-0.1, -0.05) is 0 Å². The van der Waals surface area contributed by atoms with E-state index < -0.39 is 20.2 Å². The molecule has 1 aromatic carbocycles. The van der Waals surface area contributed by atoms with Crippen LogP contribution in [0.3, 0.4) is 0 Å². The predicted molar refractivity (Wildman–Crippen MR) is 61.3 cm³/mol. The molecular weight excluding hydrogens is 283 g/mol. The number of sulfone groups is 1. The fourth-order valence-corrected chi connectivity index (χ4v) is 2.49. The van der Waals surface area contributed by atoms with E-state index in [1.165, 1.54) is 12.1 Å². The summed E-state index contributed by atoms with van der Waals surface area (Å²) in [6.07, 6.45) is 1.31. The van der Waals surface area contributed by atoms with Gasteiger partial charge in [-0.05, 0) is 37.1 Å². The van der Waals surface area contributed by atoms with E-state index in [9.17, 15) is 21.6 Å². The van der Waals surface area contributed by atoms with Crippen molar-refractivity contribution in [3.63, 3.8) is 0 Å². The Morgan fingerprint density at radius 1 is 1.16 bits per heavy atom. The van der Waals surface area contributed by atoms with E-state index in [1.54, 1.807) is 0 Å². The van der Waals surface area contributed by atoms with E-state index in [0.29, 0.717) is 18.6 Å². The quantitative estimate of drug-likeness (QED) is 0.924. The number of nitrogens with two attached hydrogens (primary N) is 1. The maximum absolute atomic E-state index is 12.3. The SMILES string of the molecule is NC1CC(Oc2ccc(S(=O)(=O)C(F)(F)F)cc2)C1. The summed E-state index contributed by atoms with van der Waals surface area (Å²) >= 11 is 0. The molecule has 0 heterocycles. The van der Waals surface area contributed by atoms with E-state index in [2.05, 4.69) is 0 Å². The number of ether oxygens (including phenoxy) is 1. The molecule has 1 aromatic rings. The van der Waals surface area contributed by atoms with Crippen molar-refractivity contribution in [1.82, 2.24) is 0 Å². The number of rotatable bonds is 3. The van der Waals surface area contributed by atoms with Crippen molar-refractivity contribution in [2.45, 2.75) is 35.4 Å². The van der Waals surface area contributed by atoms with Crippen LogP contribution in [0.4, 0.5) is 13.2 Å². The van der Waals surface area contributed by atoms with Crippen LogP contribution in [0.15, 0.2) is 29.2 Å². The van der Waals surface area contributed by atoms with Crippen molar-refractivity contribution >= 4 is 9.84 Å². The van der Waals surface area contributed by atoms with Gasteiger partial charge in [0.15, 0.2) is 0 Å². The second-order valence-electron chi connectivity index (χ2n) is 4.39. The second kappa shape index (κ2) is 4.68. The molecule has 0 atom stereocenters. The van der Waals surface area contributed by atoms with Crippen LogP contribution in [0, 0.1) is 0 Å². The van der Waals surface area contributed by atoms with Gasteiger partial charge in [0, 0.05) is 6.04 Å². The van der Waals surface area contributed by atoms with Gasteiger partial charge in [-0.2, -0.15) is 13.2 Å². The first-order chi connectivity index (χ1) is 8.70. The molecule has 0 saturated heterocycles. The van der Waals surface area contributed by atoms with E-state index >= 15 is 0 Å². The number of halogens is 3. The van der Waals surface area contributed by atoms with Gasteiger partial charge in [-0.25, -0.2) is 8.42 Å². The van der Waals surface area contributed by atoms with Gasteiger partial charge in [0.2, 0.25) is 0 Å². The summed E-state index contributed by atoms with van der Waals surface area (Å²) in [5.41, 5.74) is 0.272. The Morgan fingerprint density at radius 2 is 1.68 bits per heavy atom. The average molecular weight is 295 g/mol. The molecule has 19 heavy (non-hydrogen) atoms. The molecule has 0 amide bonds. The highest BCUT2D eigenvalue weighted by Crippen LogP contribution is 2.31. The summed E-state index contributed by atoms with van der Waals surface area (Å²) in [7, 11) is -5.30. The molecule has 0 bridgehead atoms. The normalized spacial score (nSPS) is 23.8. The van der Waals surface area contributed by atoms with Gasteiger partial charge in [0.05, 0.1) is 4.90 Å². The zero-order chi connectivity index (χ0) is 14.3. The van der Waals surface area contributed by atoms with Crippen molar-refractivity contribution in [2.24, 2.45) is 5.73 Å². The Labute approximate surface area is 108 Å². The summed E-state index contributed by atoms with van der Waals surface area (Å²) in [6, 6.07) is 4.29. The Morgan fingerprint density at radius 3 is 2.11 bits per heavy atom. The van der Waals surface area contributed by atoms with Crippen LogP contribution in [-0.4, -0.2) is 26.1 Å². The third-order valence-electron chi connectivity index (χ3n) is 2.87. The highest BCUT2D eigenvalue weighted by molar-refractivity contribution is 7.92. The lowest BCUT2D eigenvalue weighted by Crippen LogP contribution is -2.43. The molecule has 4 nitrogen and oxygen atoms in total. The van der Waals surface area contributed by atoms with Crippen molar-refractivity contribution in [2.75, 3.05) is 0 Å². The standard InChI is InChI=1S/C11H12F3NO3S/c12-11(13,14)19(16,17)10-3-1-8(2-4-10)18-9-5-7(15)6-9/h1-4,7,9H,5-6,15H2. The van der Waals surface area contributed by atoms with Crippen molar-refractivity contribution in [3.05, 3.63) is 24.3 Å². The average Bonchev–Trinajstić information content (AvgIpc) is 2.26. The highest BCUT2D eigenvalue weighted by atomic mass is 32.2. The van der Waals surface area contributed by atoms with E-state index in [0.717, 1.165) is 12.1 Å². The first kappa shape index (κ1) is 14.1. The molecule has 0 radical (unpaired) electrons. The summed E-state index contributed by atoms with van der Waals surface area (Å²) in [4.78, 5) is -0.794. The molecule has 0 aliphatic heterocycles. The second-order valence-corrected chi connectivity index (χ2v) is 6.33. The monoisotopic (exact) mass is 295 g/mol. The Hall–Kier alpha value is -1.28. The minimum atomic E-state index is -5.30. The van der Waals surface area contributed by atoms with Crippen LogP contribution in [0.25, 0.3) is 0 Å². The third kappa shape index (κ3) is 2.84. The largest absolute Gasteiger partial charge is 0.501 e. The van der Waals surface area contributed by atoms with Crippen LogP contribution in [-0.2, 0) is 9.84 Å². The van der Waals surface area contributed by atoms with E-state index in [4.69, 9.17) is 10.5 Å². The van der Waals surface area contributed by atoms with Gasteiger partial charge in [-0.3, -0.25) is 0 Å². The van der Waals surface area contributed by atoms with Gasteiger partial charge in [-0.15, -0.1) is 0 Å². The molecule has 2 N–H and O–H groups in total. The first-order valence-electron chi connectivity index (χ1n) is 5.54. The van der Waals surface area contributed by atoms with Crippen molar-refractivity contribution < 1.29 is 26.3 Å². The molecule has 1 aliphatic rings. The highest BCUT2D eigenvalue weighted by Gasteiger charge is 2.46. The van der Waals surface area contributed by atoms with Crippen LogP contribution in [0.2, 0.25) is 0 Å². The Bertz CT molecular complexity index is 548. The van der Waals surface area contributed by atoms with Crippen LogP contribution < -0.4 is 10.5 Å². The zero-order valence-electron chi connectivity index (χ0n) is 9.72. The minimum absolute atomic E-state index is 0.0555. The molecule has 0 aromatic heterocycles. The van der Waals surface area contributed by atoms with Crippen LogP contribution >= 0.6 is 0 Å². The predicted octanol–water partition coefficient (Wildman–Crippen LogP) is 1.85. The van der Waals surface area contributed by atoms with Gasteiger partial charge < -0.3 is 10.5 Å². The molecule has 1 fully saturated rings. The summed E-state index contributed by atoms with van der Waals surface area (Å²) in [5, 5.41) is 0.